The average Bonchev–Trinajstić information content (AvgIpc) is 3.10. The van der Waals surface area contributed by atoms with Crippen LogP contribution < -0.4 is 0 Å². The predicted molar refractivity (Wildman–Crippen MR) is 210 cm³/mol. The van der Waals surface area contributed by atoms with E-state index in [-0.39, 0.29) is 58.5 Å². The summed E-state index contributed by atoms with van der Waals surface area (Å²) < 4.78 is 85.9. The van der Waals surface area contributed by atoms with Crippen molar-refractivity contribution in [2.45, 2.75) is 220 Å². The fourth-order valence-corrected chi connectivity index (χ4v) is 17.3. The highest BCUT2D eigenvalue weighted by atomic mass is 31.2. The van der Waals surface area contributed by atoms with Gasteiger partial charge in [-0.05, 0) is 51.4 Å². The normalized spacial score (nSPS) is 23.9. The van der Waals surface area contributed by atoms with E-state index < -0.39 is 41.7 Å². The molecule has 0 fully saturated rings. The smallest absolute Gasteiger partial charge is 0.208 e. The first-order valence-electron chi connectivity index (χ1n) is 19.3. The van der Waals surface area contributed by atoms with Crippen molar-refractivity contribution in [3.8, 4) is 0 Å². The quantitative estimate of drug-likeness (QED) is 0.0762. The monoisotopic (exact) mass is 762 g/mol. The van der Waals surface area contributed by atoms with Gasteiger partial charge in [0, 0.05) is 45.3 Å². The van der Waals surface area contributed by atoms with Crippen LogP contribution in [0.4, 0.5) is 0 Å². The maximum Gasteiger partial charge on any atom is 0.208 e. The lowest BCUT2D eigenvalue weighted by atomic mass is 10.2. The van der Waals surface area contributed by atoms with Gasteiger partial charge in [0.2, 0.25) is 29.5 Å². The zero-order chi connectivity index (χ0) is 37.7. The molecule has 0 aliphatic heterocycles. The van der Waals surface area contributed by atoms with Crippen LogP contribution in [0.5, 0.6) is 0 Å². The van der Waals surface area contributed by atoms with Crippen LogP contribution in [0.15, 0.2) is 0 Å². The molecule has 0 aliphatic carbocycles. The summed E-state index contributed by atoms with van der Waals surface area (Å²) in [7, 11) is -13.1. The Kier molecular flexibility index (Phi) is 22.4. The van der Waals surface area contributed by atoms with Gasteiger partial charge in [0.15, 0.2) is 0 Å². The molecule has 0 aromatic rings. The van der Waals surface area contributed by atoms with Gasteiger partial charge >= 0.3 is 0 Å². The summed E-state index contributed by atoms with van der Waals surface area (Å²) in [5.74, 6) is 0. The highest BCUT2D eigenvalue weighted by molar-refractivity contribution is 7.61. The lowest BCUT2D eigenvalue weighted by Crippen LogP contribution is -2.41. The van der Waals surface area contributed by atoms with Crippen LogP contribution in [0.1, 0.15) is 162 Å². The molecule has 10 unspecified atom stereocenters. The van der Waals surface area contributed by atoms with Gasteiger partial charge in [-0.25, -0.2) is 0 Å². The van der Waals surface area contributed by atoms with Crippen molar-refractivity contribution >= 4 is 29.5 Å². The molecule has 0 saturated heterocycles. The van der Waals surface area contributed by atoms with Crippen molar-refractivity contribution in [3.63, 3.8) is 0 Å². The van der Waals surface area contributed by atoms with Crippen LogP contribution in [0, 0.1) is 0 Å². The molecule has 0 heterocycles. The van der Waals surface area contributed by atoms with Crippen molar-refractivity contribution in [2.24, 2.45) is 0 Å². The second-order valence-corrected chi connectivity index (χ2v) is 27.7. The summed E-state index contributed by atoms with van der Waals surface area (Å²) in [6.07, 6.45) is 3.27. The fraction of sp³-hybridized carbons (Fsp3) is 1.00. The Morgan fingerprint density at radius 3 is 0.667 bits per heavy atom. The second-order valence-electron chi connectivity index (χ2n) is 14.5. The number of hydrogen-bond acceptors (Lipinski definition) is 8. The Balaban J connectivity index is 7.63. The lowest BCUT2D eigenvalue weighted by molar-refractivity contribution is -0.00127. The van der Waals surface area contributed by atoms with Gasteiger partial charge in [0.1, 0.15) is 12.2 Å². The molecule has 10 atom stereocenters. The Morgan fingerprint density at radius 1 is 0.333 bits per heavy atom. The van der Waals surface area contributed by atoms with E-state index in [0.29, 0.717) is 51.4 Å². The molecule has 48 heavy (non-hydrogen) atoms. The largest absolute Gasteiger partial charge is 0.325 e. The van der Waals surface area contributed by atoms with Gasteiger partial charge in [0.05, 0.1) is 13.2 Å². The van der Waals surface area contributed by atoms with E-state index in [1.807, 2.05) is 111 Å². The molecule has 0 saturated carbocycles. The minimum Gasteiger partial charge on any atom is -0.325 e. The van der Waals surface area contributed by atoms with E-state index in [2.05, 4.69) is 0 Å². The summed E-state index contributed by atoms with van der Waals surface area (Å²) in [6.45, 7) is 31.3. The Morgan fingerprint density at radius 2 is 0.500 bits per heavy atom. The van der Waals surface area contributed by atoms with E-state index >= 15 is 0 Å². The minimum atomic E-state index is -3.36. The Hall–Kier alpha value is 0.760. The van der Waals surface area contributed by atoms with E-state index in [1.165, 1.54) is 0 Å². The highest BCUT2D eigenvalue weighted by Gasteiger charge is 2.47. The van der Waals surface area contributed by atoms with Crippen LogP contribution in [-0.4, -0.2) is 70.7 Å². The first-order valence-corrected chi connectivity index (χ1v) is 26.3. The van der Waals surface area contributed by atoms with Crippen molar-refractivity contribution in [1.29, 1.82) is 0 Å². The van der Waals surface area contributed by atoms with E-state index in [0.717, 1.165) is 0 Å². The topological polar surface area (TPSA) is 105 Å². The summed E-state index contributed by atoms with van der Waals surface area (Å²) in [5, 5.41) is 0. The van der Waals surface area contributed by atoms with Crippen LogP contribution in [0.25, 0.3) is 0 Å². The third kappa shape index (κ3) is 11.9. The first kappa shape index (κ1) is 48.8. The van der Waals surface area contributed by atoms with E-state index in [9.17, 15) is 18.3 Å². The standard InChI is InChI=1S/C36H78O8P4/c1-17-27(9)45(37,28(10)18-2)41-25-35(43-47(39,31(13)21-5)32(14)22-6)36(44-48(40,33(15)23-7)34(16)24-8)26-42-46(38,29(11)19-3)30(12)20-4/h27-36H,17-26H2,1-16H3. The zero-order valence-electron chi connectivity index (χ0n) is 33.9. The summed E-state index contributed by atoms with van der Waals surface area (Å²) >= 11 is 0. The van der Waals surface area contributed by atoms with Crippen LogP contribution >= 0.6 is 29.5 Å². The van der Waals surface area contributed by atoms with Crippen molar-refractivity contribution in [1.82, 2.24) is 0 Å². The molecule has 12 heteroatoms. The SMILES string of the molecule is CCC(C)P(=O)(OCC(OP(=O)(C(C)CC)C(C)CC)C(COP(=O)(C(C)CC)C(C)CC)OP(=O)(C(C)CC)C(C)CC)C(C)CC. The molecule has 0 N–H and O–H groups in total. The van der Waals surface area contributed by atoms with Gasteiger partial charge in [-0.1, -0.05) is 111 Å². The molecule has 0 spiro atoms. The van der Waals surface area contributed by atoms with E-state index in [4.69, 9.17) is 18.1 Å². The Bertz CT molecular complexity index is 960. The fourth-order valence-electron chi connectivity index (χ4n) is 5.91. The highest BCUT2D eigenvalue weighted by Crippen LogP contribution is 2.65. The molecule has 0 rings (SSSR count). The van der Waals surface area contributed by atoms with Gasteiger partial charge in [-0.15, -0.1) is 0 Å². The maximum absolute atomic E-state index is 15.0. The summed E-state index contributed by atoms with van der Waals surface area (Å²) in [4.78, 5) is 0. The summed E-state index contributed by atoms with van der Waals surface area (Å²) in [6, 6.07) is 0. The molecule has 0 aliphatic rings. The molecule has 0 aromatic carbocycles. The number of rotatable bonds is 27. The first-order chi connectivity index (χ1) is 22.2. The van der Waals surface area contributed by atoms with Crippen molar-refractivity contribution in [2.75, 3.05) is 13.2 Å². The molecule has 0 amide bonds. The van der Waals surface area contributed by atoms with Crippen LogP contribution in [-0.2, 0) is 36.4 Å². The second kappa shape index (κ2) is 22.1. The average molecular weight is 763 g/mol. The third-order valence-corrected chi connectivity index (χ3v) is 26.6. The molecular weight excluding hydrogens is 684 g/mol. The third-order valence-electron chi connectivity index (χ3n) is 11.5. The van der Waals surface area contributed by atoms with Gasteiger partial charge in [0.25, 0.3) is 0 Å². The van der Waals surface area contributed by atoms with E-state index in [1.54, 1.807) is 0 Å². The van der Waals surface area contributed by atoms with Crippen molar-refractivity contribution < 1.29 is 36.4 Å². The summed E-state index contributed by atoms with van der Waals surface area (Å²) in [5.41, 5.74) is -1.79. The van der Waals surface area contributed by atoms with Gasteiger partial charge < -0.3 is 18.1 Å². The Labute approximate surface area is 297 Å². The zero-order valence-corrected chi connectivity index (χ0v) is 37.5. The molecule has 8 nitrogen and oxygen atoms in total. The molecule has 0 radical (unpaired) electrons. The van der Waals surface area contributed by atoms with Crippen LogP contribution in [0.3, 0.4) is 0 Å². The molecule has 0 bridgehead atoms. The molecule has 290 valence electrons. The lowest BCUT2D eigenvalue weighted by Gasteiger charge is -2.40. The maximum atomic E-state index is 15.0. The van der Waals surface area contributed by atoms with Crippen molar-refractivity contribution in [3.05, 3.63) is 0 Å². The predicted octanol–water partition coefficient (Wildman–Crippen LogP) is 13.3. The minimum absolute atomic E-state index is 0.158. The van der Waals surface area contributed by atoms with Crippen LogP contribution in [0.2, 0.25) is 0 Å². The molecular formula is C36H78O8P4. The molecule has 0 aromatic heterocycles. The van der Waals surface area contributed by atoms with Gasteiger partial charge in [-0.3, -0.25) is 18.3 Å². The number of hydrogen-bond donors (Lipinski definition) is 0. The van der Waals surface area contributed by atoms with Gasteiger partial charge in [-0.2, -0.15) is 0 Å².